The van der Waals surface area contributed by atoms with Crippen molar-refractivity contribution in [2.45, 2.75) is 78.5 Å². The Labute approximate surface area is 251 Å². The molecular formula is C33H38FNO8. The predicted molar refractivity (Wildman–Crippen MR) is 155 cm³/mol. The molecule has 5 rings (SSSR count). The molecule has 0 aliphatic carbocycles. The number of esters is 2. The van der Waals surface area contributed by atoms with Crippen molar-refractivity contribution in [3.8, 4) is 0 Å². The largest absolute Gasteiger partial charge is 0.463 e. The first-order valence-electron chi connectivity index (χ1n) is 14.5. The maximum absolute atomic E-state index is 13.9. The SMILES string of the molecule is CCOC(=O)C1=C(C)N(c2ccc(F)cc2)C(C)=C(C(=O)OCC)C1[C@@H]1O[C@H]2OC(C)(C)O[C@H]2[C@@H]1OCc1ccccc1. The lowest BCUT2D eigenvalue weighted by Gasteiger charge is -2.40. The molecular weight excluding hydrogens is 557 g/mol. The van der Waals surface area contributed by atoms with Gasteiger partial charge in [0, 0.05) is 17.1 Å². The maximum Gasteiger partial charge on any atom is 0.336 e. The van der Waals surface area contributed by atoms with E-state index in [9.17, 15) is 14.0 Å². The molecule has 0 aromatic heterocycles. The highest BCUT2D eigenvalue weighted by Gasteiger charge is 2.60. The lowest BCUT2D eigenvalue weighted by atomic mass is 9.78. The molecule has 0 spiro atoms. The van der Waals surface area contributed by atoms with Gasteiger partial charge in [0.1, 0.15) is 24.1 Å². The normalized spacial score (nSPS) is 25.2. The molecule has 2 saturated heterocycles. The van der Waals surface area contributed by atoms with Gasteiger partial charge in [-0.2, -0.15) is 0 Å². The van der Waals surface area contributed by atoms with E-state index in [1.165, 1.54) is 12.1 Å². The number of nitrogens with zero attached hydrogens (tertiary/aromatic N) is 1. The first-order chi connectivity index (χ1) is 20.6. The van der Waals surface area contributed by atoms with Crippen LogP contribution in [0.2, 0.25) is 0 Å². The van der Waals surface area contributed by atoms with Crippen molar-refractivity contribution in [2.75, 3.05) is 18.1 Å². The van der Waals surface area contributed by atoms with Crippen molar-refractivity contribution in [1.82, 2.24) is 0 Å². The quantitative estimate of drug-likeness (QED) is 0.354. The topological polar surface area (TPSA) is 92.8 Å². The molecule has 3 aliphatic heterocycles. The van der Waals surface area contributed by atoms with E-state index in [1.54, 1.807) is 58.6 Å². The molecule has 2 aromatic carbocycles. The number of halogens is 1. The molecule has 3 heterocycles. The molecule has 0 radical (unpaired) electrons. The van der Waals surface area contributed by atoms with Gasteiger partial charge in [0.2, 0.25) is 0 Å². The molecule has 10 heteroatoms. The van der Waals surface area contributed by atoms with Gasteiger partial charge in [-0.25, -0.2) is 14.0 Å². The maximum atomic E-state index is 13.9. The molecule has 9 nitrogen and oxygen atoms in total. The molecule has 0 bridgehead atoms. The number of ether oxygens (including phenoxy) is 6. The van der Waals surface area contributed by atoms with E-state index in [0.29, 0.717) is 17.1 Å². The molecule has 4 atom stereocenters. The monoisotopic (exact) mass is 595 g/mol. The highest BCUT2D eigenvalue weighted by molar-refractivity contribution is 6.00. The second kappa shape index (κ2) is 12.6. The van der Waals surface area contributed by atoms with Gasteiger partial charge in [0.15, 0.2) is 12.1 Å². The molecule has 0 amide bonds. The number of carbonyl (C=O) groups excluding carboxylic acids is 2. The minimum absolute atomic E-state index is 0.113. The number of hydrogen-bond donors (Lipinski definition) is 0. The molecule has 0 saturated carbocycles. The van der Waals surface area contributed by atoms with E-state index >= 15 is 0 Å². The minimum Gasteiger partial charge on any atom is -0.463 e. The molecule has 43 heavy (non-hydrogen) atoms. The van der Waals surface area contributed by atoms with Crippen LogP contribution in [-0.2, 0) is 44.6 Å². The molecule has 0 unspecified atom stereocenters. The van der Waals surface area contributed by atoms with Crippen molar-refractivity contribution in [3.63, 3.8) is 0 Å². The summed E-state index contributed by atoms with van der Waals surface area (Å²) >= 11 is 0. The van der Waals surface area contributed by atoms with Gasteiger partial charge in [-0.05, 0) is 71.4 Å². The van der Waals surface area contributed by atoms with Gasteiger partial charge >= 0.3 is 11.9 Å². The Morgan fingerprint density at radius 2 is 1.44 bits per heavy atom. The summed E-state index contributed by atoms with van der Waals surface area (Å²) < 4.78 is 50.3. The van der Waals surface area contributed by atoms with Crippen LogP contribution >= 0.6 is 0 Å². The highest BCUT2D eigenvalue weighted by atomic mass is 19.1. The number of rotatable bonds is 9. The van der Waals surface area contributed by atoms with Gasteiger partial charge < -0.3 is 33.3 Å². The van der Waals surface area contributed by atoms with Gasteiger partial charge in [0.25, 0.3) is 0 Å². The van der Waals surface area contributed by atoms with Crippen LogP contribution in [0.1, 0.15) is 47.1 Å². The van der Waals surface area contributed by atoms with Gasteiger partial charge in [-0.3, -0.25) is 0 Å². The summed E-state index contributed by atoms with van der Waals surface area (Å²) in [5.41, 5.74) is 2.92. The lowest BCUT2D eigenvalue weighted by molar-refractivity contribution is -0.223. The molecule has 2 fully saturated rings. The Morgan fingerprint density at radius 3 is 2.00 bits per heavy atom. The van der Waals surface area contributed by atoms with E-state index in [1.807, 2.05) is 30.3 Å². The van der Waals surface area contributed by atoms with Crippen LogP contribution in [0, 0.1) is 11.7 Å². The Balaban J connectivity index is 1.65. The Morgan fingerprint density at radius 1 is 0.860 bits per heavy atom. The van der Waals surface area contributed by atoms with Crippen LogP contribution in [-0.4, -0.2) is 55.5 Å². The van der Waals surface area contributed by atoms with Crippen molar-refractivity contribution in [3.05, 3.63) is 88.5 Å². The number of hydrogen-bond acceptors (Lipinski definition) is 9. The average Bonchev–Trinajstić information content (AvgIpc) is 3.44. The van der Waals surface area contributed by atoms with Crippen molar-refractivity contribution in [1.29, 1.82) is 0 Å². The van der Waals surface area contributed by atoms with Crippen LogP contribution in [0.15, 0.2) is 77.1 Å². The van der Waals surface area contributed by atoms with Gasteiger partial charge in [0.05, 0.1) is 36.9 Å². The van der Waals surface area contributed by atoms with Crippen LogP contribution in [0.3, 0.4) is 0 Å². The second-order valence-corrected chi connectivity index (χ2v) is 11.1. The zero-order chi connectivity index (χ0) is 30.9. The van der Waals surface area contributed by atoms with E-state index in [2.05, 4.69) is 0 Å². The fraction of sp³-hybridized carbons (Fsp3) is 0.455. The molecule has 230 valence electrons. The Hall–Kier alpha value is -3.57. The summed E-state index contributed by atoms with van der Waals surface area (Å²) in [6.07, 6.45) is -3.05. The number of fused-ring (bicyclic) bond motifs is 1. The number of anilines is 1. The molecule has 3 aliphatic rings. The smallest absolute Gasteiger partial charge is 0.336 e. The zero-order valence-electron chi connectivity index (χ0n) is 25.3. The zero-order valence-corrected chi connectivity index (χ0v) is 25.3. The fourth-order valence-electron chi connectivity index (χ4n) is 6.09. The summed E-state index contributed by atoms with van der Waals surface area (Å²) in [4.78, 5) is 29.3. The fourth-order valence-corrected chi connectivity index (χ4v) is 6.09. The van der Waals surface area contributed by atoms with Crippen LogP contribution in [0.5, 0.6) is 0 Å². The summed E-state index contributed by atoms with van der Waals surface area (Å²) in [7, 11) is 0. The first-order valence-corrected chi connectivity index (χ1v) is 14.5. The second-order valence-electron chi connectivity index (χ2n) is 11.1. The van der Waals surface area contributed by atoms with E-state index in [-0.39, 0.29) is 31.0 Å². The number of carbonyl (C=O) groups is 2. The Kier molecular flexibility index (Phi) is 9.03. The summed E-state index contributed by atoms with van der Waals surface area (Å²) in [6.45, 7) is 11.0. The third-order valence-corrected chi connectivity index (χ3v) is 7.79. The number of allylic oxidation sites excluding steroid dienone is 2. The van der Waals surface area contributed by atoms with Crippen molar-refractivity contribution < 1.29 is 42.4 Å². The standard InChI is InChI=1S/C33H38FNO8/c1-7-38-30(36)24-19(3)35(23-16-14-22(34)15-17-23)20(4)25(31(37)39-8-2)26(24)27-28(40-18-21-12-10-9-11-13-21)29-32(41-27)43-33(5,6)42-29/h9-17,26-29,32H,7-8,18H2,1-6H3/t27-,28+,29-,32-/m0/s1. The lowest BCUT2D eigenvalue weighted by Crippen LogP contribution is -2.47. The minimum atomic E-state index is -0.948. The highest BCUT2D eigenvalue weighted by Crippen LogP contribution is 2.48. The average molecular weight is 596 g/mol. The van der Waals surface area contributed by atoms with Gasteiger partial charge in [-0.15, -0.1) is 0 Å². The summed E-state index contributed by atoms with van der Waals surface area (Å²) in [5, 5.41) is 0. The first kappa shape index (κ1) is 30.9. The molecule has 2 aromatic rings. The van der Waals surface area contributed by atoms with Crippen molar-refractivity contribution in [2.24, 2.45) is 5.92 Å². The van der Waals surface area contributed by atoms with Gasteiger partial charge in [-0.1, -0.05) is 30.3 Å². The van der Waals surface area contributed by atoms with E-state index in [4.69, 9.17) is 28.4 Å². The van der Waals surface area contributed by atoms with Crippen LogP contribution in [0.4, 0.5) is 10.1 Å². The Bertz CT molecular complexity index is 1360. The van der Waals surface area contributed by atoms with E-state index < -0.39 is 54.1 Å². The molecule has 0 N–H and O–H groups in total. The van der Waals surface area contributed by atoms with E-state index in [0.717, 1.165) is 5.56 Å². The van der Waals surface area contributed by atoms with Crippen LogP contribution < -0.4 is 4.90 Å². The third-order valence-electron chi connectivity index (χ3n) is 7.79. The summed E-state index contributed by atoms with van der Waals surface area (Å²) in [5.74, 6) is -3.51. The number of benzene rings is 2. The van der Waals surface area contributed by atoms with Crippen molar-refractivity contribution >= 4 is 17.6 Å². The summed E-state index contributed by atoms with van der Waals surface area (Å²) in [6, 6.07) is 15.5. The third kappa shape index (κ3) is 6.10. The van der Waals surface area contributed by atoms with Crippen LogP contribution in [0.25, 0.3) is 0 Å². The predicted octanol–water partition coefficient (Wildman–Crippen LogP) is 5.40.